The Labute approximate surface area is 205 Å². The van der Waals surface area contributed by atoms with Crippen LogP contribution in [0.25, 0.3) is 17.2 Å². The van der Waals surface area contributed by atoms with E-state index in [0.29, 0.717) is 23.8 Å². The van der Waals surface area contributed by atoms with E-state index in [-0.39, 0.29) is 11.2 Å². The maximum absolute atomic E-state index is 12.7. The molecule has 0 radical (unpaired) electrons. The minimum absolute atomic E-state index is 0.305. The predicted molar refractivity (Wildman–Crippen MR) is 141 cm³/mol. The Morgan fingerprint density at radius 3 is 2.37 bits per heavy atom. The molecule has 0 aliphatic rings. The lowest BCUT2D eigenvalue weighted by molar-refractivity contribution is 0.224. The fourth-order valence-electron chi connectivity index (χ4n) is 4.47. The van der Waals surface area contributed by atoms with Crippen molar-refractivity contribution in [2.75, 3.05) is 13.1 Å². The Kier molecular flexibility index (Phi) is 7.77. The number of aromatic nitrogens is 4. The average Bonchev–Trinajstić information content (AvgIpc) is 3.30. The van der Waals surface area contributed by atoms with Crippen LogP contribution < -0.4 is 11.2 Å². The molecular formula is C28H33N5O2. The lowest BCUT2D eigenvalue weighted by atomic mass is 10.1. The molecule has 2 aromatic carbocycles. The van der Waals surface area contributed by atoms with Crippen LogP contribution in [0, 0.1) is 0 Å². The highest BCUT2D eigenvalue weighted by atomic mass is 16.2. The first-order valence-electron chi connectivity index (χ1n) is 12.1. The van der Waals surface area contributed by atoms with E-state index in [1.165, 1.54) is 22.7 Å². The number of benzene rings is 2. The summed E-state index contributed by atoms with van der Waals surface area (Å²) in [4.78, 5) is 31.8. The van der Waals surface area contributed by atoms with Crippen molar-refractivity contribution < 1.29 is 0 Å². The third-order valence-electron chi connectivity index (χ3n) is 6.51. The van der Waals surface area contributed by atoms with E-state index in [9.17, 15) is 9.59 Å². The van der Waals surface area contributed by atoms with Gasteiger partial charge in [0.05, 0.1) is 6.33 Å². The van der Waals surface area contributed by atoms with Gasteiger partial charge >= 0.3 is 5.69 Å². The summed E-state index contributed by atoms with van der Waals surface area (Å²) in [7, 11) is 3.15. The van der Waals surface area contributed by atoms with E-state index in [1.807, 2.05) is 28.8 Å². The average molecular weight is 472 g/mol. The molecule has 0 aliphatic heterocycles. The molecule has 0 saturated carbocycles. The SMILES string of the molecule is CC(Cc1ccccc1)N(C/C=C/c1ccccc1)CCCn1cnc2c1c(=O)n(C)c(=O)n2C. The number of hydrogen-bond acceptors (Lipinski definition) is 4. The van der Waals surface area contributed by atoms with E-state index < -0.39 is 0 Å². The summed E-state index contributed by atoms with van der Waals surface area (Å²) in [5, 5.41) is 0. The summed E-state index contributed by atoms with van der Waals surface area (Å²) in [6, 6.07) is 21.2. The van der Waals surface area contributed by atoms with Crippen molar-refractivity contribution in [3.05, 3.63) is 105 Å². The van der Waals surface area contributed by atoms with Gasteiger partial charge in [-0.15, -0.1) is 0 Å². The van der Waals surface area contributed by atoms with Gasteiger partial charge in [0.1, 0.15) is 0 Å². The quantitative estimate of drug-likeness (QED) is 0.355. The Hall–Kier alpha value is -3.71. The molecule has 182 valence electrons. The lowest BCUT2D eigenvalue weighted by Gasteiger charge is -2.28. The number of fused-ring (bicyclic) bond motifs is 1. The molecule has 4 rings (SSSR count). The van der Waals surface area contributed by atoms with Crippen LogP contribution in [0.5, 0.6) is 0 Å². The van der Waals surface area contributed by atoms with Crippen molar-refractivity contribution in [3.63, 3.8) is 0 Å². The molecule has 7 nitrogen and oxygen atoms in total. The maximum Gasteiger partial charge on any atom is 0.332 e. The zero-order chi connectivity index (χ0) is 24.8. The van der Waals surface area contributed by atoms with Crippen LogP contribution in [-0.4, -0.2) is 42.7 Å². The molecule has 1 unspecified atom stereocenters. The second-order valence-corrected chi connectivity index (χ2v) is 9.02. The van der Waals surface area contributed by atoms with Crippen LogP contribution >= 0.6 is 0 Å². The van der Waals surface area contributed by atoms with Gasteiger partial charge < -0.3 is 4.57 Å². The molecule has 1 atom stereocenters. The van der Waals surface area contributed by atoms with Gasteiger partial charge in [0.15, 0.2) is 11.2 Å². The van der Waals surface area contributed by atoms with Gasteiger partial charge in [-0.2, -0.15) is 0 Å². The Morgan fingerprint density at radius 1 is 0.971 bits per heavy atom. The number of aryl methyl sites for hydroxylation is 2. The first kappa shape index (κ1) is 24.4. The van der Waals surface area contributed by atoms with Crippen molar-refractivity contribution in [1.29, 1.82) is 0 Å². The van der Waals surface area contributed by atoms with Gasteiger partial charge in [-0.3, -0.25) is 18.8 Å². The smallest absolute Gasteiger partial charge is 0.325 e. The lowest BCUT2D eigenvalue weighted by Crippen LogP contribution is -2.38. The molecule has 2 aromatic heterocycles. The van der Waals surface area contributed by atoms with E-state index in [2.05, 4.69) is 65.4 Å². The van der Waals surface area contributed by atoms with Crippen molar-refractivity contribution in [1.82, 2.24) is 23.6 Å². The second-order valence-electron chi connectivity index (χ2n) is 9.02. The largest absolute Gasteiger partial charge is 0.332 e. The van der Waals surface area contributed by atoms with E-state index in [0.717, 1.165) is 30.5 Å². The van der Waals surface area contributed by atoms with Crippen LogP contribution in [-0.2, 0) is 27.1 Å². The molecule has 7 heteroatoms. The summed E-state index contributed by atoms with van der Waals surface area (Å²) < 4.78 is 4.44. The Morgan fingerprint density at radius 2 is 1.66 bits per heavy atom. The zero-order valence-electron chi connectivity index (χ0n) is 20.7. The highest BCUT2D eigenvalue weighted by Gasteiger charge is 2.16. The topological polar surface area (TPSA) is 65.1 Å². The van der Waals surface area contributed by atoms with Gasteiger partial charge in [0, 0.05) is 39.8 Å². The van der Waals surface area contributed by atoms with E-state index in [4.69, 9.17) is 0 Å². The third kappa shape index (κ3) is 5.69. The molecule has 0 fully saturated rings. The van der Waals surface area contributed by atoms with Crippen LogP contribution in [0.4, 0.5) is 0 Å². The maximum atomic E-state index is 12.7. The first-order chi connectivity index (χ1) is 17.0. The summed E-state index contributed by atoms with van der Waals surface area (Å²) in [6.45, 7) is 4.63. The van der Waals surface area contributed by atoms with Crippen LogP contribution in [0.2, 0.25) is 0 Å². The molecule has 0 bridgehead atoms. The molecule has 4 aromatic rings. The van der Waals surface area contributed by atoms with Crippen LogP contribution in [0.15, 0.2) is 82.7 Å². The van der Waals surface area contributed by atoms with Crippen molar-refractivity contribution >= 4 is 17.2 Å². The molecule has 0 spiro atoms. The number of rotatable bonds is 10. The third-order valence-corrected chi connectivity index (χ3v) is 6.51. The van der Waals surface area contributed by atoms with E-state index >= 15 is 0 Å². The van der Waals surface area contributed by atoms with Gasteiger partial charge in [-0.25, -0.2) is 9.78 Å². The summed E-state index contributed by atoms with van der Waals surface area (Å²) in [5.41, 5.74) is 2.75. The summed E-state index contributed by atoms with van der Waals surface area (Å²) >= 11 is 0. The molecule has 0 amide bonds. The fourth-order valence-corrected chi connectivity index (χ4v) is 4.47. The number of imidazole rings is 1. The number of hydrogen-bond donors (Lipinski definition) is 0. The monoisotopic (exact) mass is 471 g/mol. The normalized spacial score (nSPS) is 12.7. The van der Waals surface area contributed by atoms with Gasteiger partial charge in [-0.1, -0.05) is 72.8 Å². The predicted octanol–water partition coefficient (Wildman–Crippen LogP) is 3.47. The van der Waals surface area contributed by atoms with Crippen LogP contribution in [0.1, 0.15) is 24.5 Å². The minimum atomic E-state index is -0.362. The first-order valence-corrected chi connectivity index (χ1v) is 12.1. The molecule has 0 N–H and O–H groups in total. The standard InChI is InChI=1S/C28H33N5O2/c1-22(20-24-14-8-5-9-15-24)32(17-10-16-23-12-6-4-7-13-23)18-11-19-33-21-29-26-25(33)27(34)31(3)28(35)30(26)2/h4-10,12-16,21-22H,11,17-20H2,1-3H3/b16-10+. The Bertz CT molecular complexity index is 1400. The van der Waals surface area contributed by atoms with Gasteiger partial charge in [0.25, 0.3) is 5.56 Å². The van der Waals surface area contributed by atoms with Crippen molar-refractivity contribution in [2.24, 2.45) is 14.1 Å². The molecule has 0 aliphatic carbocycles. The molecule has 2 heterocycles. The molecular weight excluding hydrogens is 438 g/mol. The van der Waals surface area contributed by atoms with E-state index in [1.54, 1.807) is 13.4 Å². The van der Waals surface area contributed by atoms with Gasteiger partial charge in [0.2, 0.25) is 0 Å². The zero-order valence-corrected chi connectivity index (χ0v) is 20.7. The highest BCUT2D eigenvalue weighted by Crippen LogP contribution is 2.12. The van der Waals surface area contributed by atoms with Crippen molar-refractivity contribution in [2.45, 2.75) is 32.4 Å². The highest BCUT2D eigenvalue weighted by molar-refractivity contribution is 5.69. The second kappa shape index (κ2) is 11.1. The Balaban J connectivity index is 1.48. The number of nitrogens with zero attached hydrogens (tertiary/aromatic N) is 5. The molecule has 35 heavy (non-hydrogen) atoms. The van der Waals surface area contributed by atoms with Crippen molar-refractivity contribution in [3.8, 4) is 0 Å². The summed E-state index contributed by atoms with van der Waals surface area (Å²) in [6.07, 6.45) is 7.87. The van der Waals surface area contributed by atoms with Crippen LogP contribution in [0.3, 0.4) is 0 Å². The molecule has 0 saturated heterocycles. The van der Waals surface area contributed by atoms with Gasteiger partial charge in [-0.05, 0) is 30.9 Å². The fraction of sp³-hybridized carbons (Fsp3) is 0.321. The summed E-state index contributed by atoms with van der Waals surface area (Å²) in [5.74, 6) is 0. The minimum Gasteiger partial charge on any atom is -0.325 e.